The molecule has 0 bridgehead atoms. The van der Waals surface area contributed by atoms with Crippen molar-refractivity contribution in [1.29, 1.82) is 0 Å². The van der Waals surface area contributed by atoms with Gasteiger partial charge in [0.2, 0.25) is 12.7 Å². The summed E-state index contributed by atoms with van der Waals surface area (Å²) in [6.07, 6.45) is 0.218. The van der Waals surface area contributed by atoms with E-state index in [4.69, 9.17) is 26.8 Å². The predicted molar refractivity (Wildman–Crippen MR) is 80.8 cm³/mol. The van der Waals surface area contributed by atoms with Crippen LogP contribution in [0.1, 0.15) is 5.56 Å². The maximum absolute atomic E-state index is 12.1. The van der Waals surface area contributed by atoms with E-state index in [2.05, 4.69) is 5.32 Å². The molecule has 0 spiro atoms. The van der Waals surface area contributed by atoms with Gasteiger partial charge in [-0.2, -0.15) is 0 Å². The van der Waals surface area contributed by atoms with E-state index in [1.807, 2.05) is 12.1 Å². The number of nitrogens with two attached hydrogens (primary N) is 1. The number of halogens is 1. The SMILES string of the molecule is Nc1cccc(CC(=O)Nc2cc3c(cc2Cl)OCO3)c1. The zero-order valence-corrected chi connectivity index (χ0v) is 11.8. The summed E-state index contributed by atoms with van der Waals surface area (Å²) < 4.78 is 10.5. The molecule has 1 aliphatic rings. The second kappa shape index (κ2) is 5.54. The van der Waals surface area contributed by atoms with Crippen LogP contribution in [0.4, 0.5) is 11.4 Å². The van der Waals surface area contributed by atoms with Crippen LogP contribution in [0.3, 0.4) is 0 Å². The van der Waals surface area contributed by atoms with Crippen LogP contribution in [-0.2, 0) is 11.2 Å². The quantitative estimate of drug-likeness (QED) is 0.855. The van der Waals surface area contributed by atoms with Crippen molar-refractivity contribution in [2.45, 2.75) is 6.42 Å². The molecule has 0 aliphatic carbocycles. The molecule has 2 aromatic rings. The van der Waals surface area contributed by atoms with Crippen LogP contribution >= 0.6 is 11.6 Å². The number of hydrogen-bond donors (Lipinski definition) is 2. The predicted octanol–water partition coefficient (Wildman–Crippen LogP) is 2.83. The second-order valence-corrected chi connectivity index (χ2v) is 5.06. The molecule has 5 nitrogen and oxygen atoms in total. The van der Waals surface area contributed by atoms with Gasteiger partial charge in [-0.05, 0) is 17.7 Å². The maximum atomic E-state index is 12.1. The molecule has 2 aromatic carbocycles. The zero-order chi connectivity index (χ0) is 14.8. The van der Waals surface area contributed by atoms with E-state index in [1.165, 1.54) is 0 Å². The minimum absolute atomic E-state index is 0.159. The van der Waals surface area contributed by atoms with Crippen LogP contribution in [-0.4, -0.2) is 12.7 Å². The van der Waals surface area contributed by atoms with Gasteiger partial charge in [0.05, 0.1) is 17.1 Å². The summed E-state index contributed by atoms with van der Waals surface area (Å²) in [7, 11) is 0. The molecule has 3 N–H and O–H groups in total. The van der Waals surface area contributed by atoms with Crippen LogP contribution in [0.15, 0.2) is 36.4 Å². The Kier molecular flexibility index (Phi) is 3.58. The number of fused-ring (bicyclic) bond motifs is 1. The Bertz CT molecular complexity index is 703. The Morgan fingerprint density at radius 1 is 1.24 bits per heavy atom. The van der Waals surface area contributed by atoms with Gasteiger partial charge in [-0.3, -0.25) is 4.79 Å². The summed E-state index contributed by atoms with van der Waals surface area (Å²) in [5.74, 6) is 0.967. The Morgan fingerprint density at radius 3 is 2.76 bits per heavy atom. The van der Waals surface area contributed by atoms with Crippen LogP contribution in [0.2, 0.25) is 5.02 Å². The molecule has 0 saturated carbocycles. The van der Waals surface area contributed by atoms with Gasteiger partial charge in [0.25, 0.3) is 0 Å². The molecule has 6 heteroatoms. The van der Waals surface area contributed by atoms with Gasteiger partial charge >= 0.3 is 0 Å². The lowest BCUT2D eigenvalue weighted by Gasteiger charge is -2.09. The largest absolute Gasteiger partial charge is 0.454 e. The number of amides is 1. The van der Waals surface area contributed by atoms with E-state index in [1.54, 1.807) is 24.3 Å². The molecule has 108 valence electrons. The van der Waals surface area contributed by atoms with Crippen molar-refractivity contribution < 1.29 is 14.3 Å². The van der Waals surface area contributed by atoms with Gasteiger partial charge in [0.1, 0.15) is 0 Å². The molecule has 1 amide bonds. The van der Waals surface area contributed by atoms with Crippen LogP contribution in [0.5, 0.6) is 11.5 Å². The van der Waals surface area contributed by atoms with Crippen LogP contribution in [0.25, 0.3) is 0 Å². The normalized spacial score (nSPS) is 12.2. The van der Waals surface area contributed by atoms with E-state index < -0.39 is 0 Å². The number of anilines is 2. The molecular formula is C15H13ClN2O3. The average molecular weight is 305 g/mol. The summed E-state index contributed by atoms with van der Waals surface area (Å²) >= 11 is 6.11. The number of ether oxygens (including phenoxy) is 2. The van der Waals surface area contributed by atoms with Crippen molar-refractivity contribution in [2.75, 3.05) is 17.8 Å². The lowest BCUT2D eigenvalue weighted by atomic mass is 10.1. The first-order valence-electron chi connectivity index (χ1n) is 6.35. The van der Waals surface area contributed by atoms with Gasteiger partial charge in [0, 0.05) is 17.8 Å². The Hall–Kier alpha value is -2.40. The molecule has 3 rings (SSSR count). The lowest BCUT2D eigenvalue weighted by Crippen LogP contribution is -2.14. The Labute approximate surface area is 126 Å². The van der Waals surface area contributed by atoms with Gasteiger partial charge < -0.3 is 20.5 Å². The molecule has 21 heavy (non-hydrogen) atoms. The van der Waals surface area contributed by atoms with E-state index in [9.17, 15) is 4.79 Å². The summed E-state index contributed by atoms with van der Waals surface area (Å²) in [6.45, 7) is 0.159. The number of hydrogen-bond acceptors (Lipinski definition) is 4. The number of rotatable bonds is 3. The first-order chi connectivity index (χ1) is 10.1. The fraction of sp³-hybridized carbons (Fsp3) is 0.133. The summed E-state index contributed by atoms with van der Waals surface area (Å²) in [5.41, 5.74) is 7.65. The standard InChI is InChI=1S/C15H13ClN2O3/c16-11-6-13-14(21-8-20-13)7-12(11)18-15(19)5-9-2-1-3-10(17)4-9/h1-4,6-7H,5,8,17H2,(H,18,19). The average Bonchev–Trinajstić information content (AvgIpc) is 2.86. The van der Waals surface area contributed by atoms with Crippen LogP contribution < -0.4 is 20.5 Å². The molecule has 1 heterocycles. The maximum Gasteiger partial charge on any atom is 0.231 e. The van der Waals surface area contributed by atoms with E-state index in [0.29, 0.717) is 27.9 Å². The first kappa shape index (κ1) is 13.6. The minimum Gasteiger partial charge on any atom is -0.454 e. The topological polar surface area (TPSA) is 73.6 Å². The highest BCUT2D eigenvalue weighted by Crippen LogP contribution is 2.39. The fourth-order valence-corrected chi connectivity index (χ4v) is 2.30. The highest BCUT2D eigenvalue weighted by Gasteiger charge is 2.17. The third kappa shape index (κ3) is 3.03. The Balaban J connectivity index is 1.73. The van der Waals surface area contributed by atoms with Crippen molar-refractivity contribution in [2.24, 2.45) is 0 Å². The molecule has 0 fully saturated rings. The number of carbonyl (C=O) groups excluding carboxylic acids is 1. The van der Waals surface area contributed by atoms with Gasteiger partial charge in [-0.15, -0.1) is 0 Å². The van der Waals surface area contributed by atoms with Gasteiger partial charge in [0.15, 0.2) is 11.5 Å². The van der Waals surface area contributed by atoms with Crippen molar-refractivity contribution in [3.63, 3.8) is 0 Å². The Morgan fingerprint density at radius 2 is 2.00 bits per heavy atom. The fourth-order valence-electron chi connectivity index (χ4n) is 2.10. The molecule has 0 radical (unpaired) electrons. The summed E-state index contributed by atoms with van der Waals surface area (Å²) in [5, 5.41) is 3.16. The van der Waals surface area contributed by atoms with Crippen LogP contribution in [0, 0.1) is 0 Å². The number of nitrogen functional groups attached to an aromatic ring is 1. The van der Waals surface area contributed by atoms with E-state index >= 15 is 0 Å². The lowest BCUT2D eigenvalue weighted by molar-refractivity contribution is -0.115. The smallest absolute Gasteiger partial charge is 0.231 e. The summed E-state index contributed by atoms with van der Waals surface area (Å²) in [4.78, 5) is 12.1. The van der Waals surface area contributed by atoms with E-state index in [-0.39, 0.29) is 19.1 Å². The van der Waals surface area contributed by atoms with Crippen molar-refractivity contribution in [3.05, 3.63) is 47.0 Å². The molecule has 1 aliphatic heterocycles. The third-order valence-corrected chi connectivity index (χ3v) is 3.36. The molecule has 0 saturated heterocycles. The zero-order valence-electron chi connectivity index (χ0n) is 11.1. The number of nitrogens with one attached hydrogen (secondary N) is 1. The number of carbonyl (C=O) groups is 1. The van der Waals surface area contributed by atoms with E-state index in [0.717, 1.165) is 5.56 Å². The second-order valence-electron chi connectivity index (χ2n) is 4.66. The monoisotopic (exact) mass is 304 g/mol. The highest BCUT2D eigenvalue weighted by molar-refractivity contribution is 6.34. The van der Waals surface area contributed by atoms with Crippen molar-refractivity contribution in [1.82, 2.24) is 0 Å². The third-order valence-electron chi connectivity index (χ3n) is 3.05. The van der Waals surface area contributed by atoms with Crippen molar-refractivity contribution >= 4 is 28.9 Å². The highest BCUT2D eigenvalue weighted by atomic mass is 35.5. The summed E-state index contributed by atoms with van der Waals surface area (Å²) in [6, 6.07) is 10.5. The number of benzene rings is 2. The van der Waals surface area contributed by atoms with Gasteiger partial charge in [-0.25, -0.2) is 0 Å². The molecule has 0 aromatic heterocycles. The minimum atomic E-state index is -0.179. The molecule has 0 unspecified atom stereocenters. The first-order valence-corrected chi connectivity index (χ1v) is 6.73. The molecular weight excluding hydrogens is 292 g/mol. The molecule has 0 atom stereocenters. The van der Waals surface area contributed by atoms with Crippen molar-refractivity contribution in [3.8, 4) is 11.5 Å². The van der Waals surface area contributed by atoms with Gasteiger partial charge in [-0.1, -0.05) is 23.7 Å².